The van der Waals surface area contributed by atoms with Crippen molar-refractivity contribution >= 4 is 31.3 Å². The lowest BCUT2D eigenvalue weighted by molar-refractivity contribution is -0.137. The van der Waals surface area contributed by atoms with Crippen molar-refractivity contribution in [2.24, 2.45) is 0 Å². The third-order valence-electron chi connectivity index (χ3n) is 3.15. The molecule has 2 rings (SSSR count). The van der Waals surface area contributed by atoms with Crippen LogP contribution in [-0.4, -0.2) is 28.1 Å². The van der Waals surface area contributed by atoms with E-state index in [1.807, 2.05) is 0 Å². The molecule has 0 saturated carbocycles. The van der Waals surface area contributed by atoms with Gasteiger partial charge >= 0.3 is 14.2 Å². The summed E-state index contributed by atoms with van der Waals surface area (Å²) in [7, 11) is -0.821. The molecule has 6 nitrogen and oxygen atoms in total. The summed E-state index contributed by atoms with van der Waals surface area (Å²) in [6.45, 7) is 0. The van der Waals surface area contributed by atoms with Crippen LogP contribution in [-0.2, 0) is 17.2 Å². The Morgan fingerprint density at radius 3 is 2.68 bits per heavy atom. The van der Waals surface area contributed by atoms with Crippen molar-refractivity contribution in [3.05, 3.63) is 40.7 Å². The van der Waals surface area contributed by atoms with Crippen LogP contribution in [0.3, 0.4) is 0 Å². The smallest absolute Gasteiger partial charge is 0.495 e. The number of hydrogen-bond acceptors (Lipinski definition) is 5. The second-order valence-corrected chi connectivity index (χ2v) is 6.39. The molecule has 0 aliphatic carbocycles. The van der Waals surface area contributed by atoms with Crippen LogP contribution < -0.4 is 10.1 Å². The first kappa shape index (κ1) is 19.4. The second-order valence-electron chi connectivity index (χ2n) is 4.88. The highest BCUT2D eigenvalue weighted by molar-refractivity contribution is 7.37. The van der Waals surface area contributed by atoms with Crippen molar-refractivity contribution in [2.75, 3.05) is 18.6 Å². The summed E-state index contributed by atoms with van der Waals surface area (Å²) in [5.74, 6) is 0.257. The Labute approximate surface area is 146 Å². The normalized spacial score (nSPS) is 12.0. The molecular formula is C14H13ClF3N3O3P+. The van der Waals surface area contributed by atoms with E-state index in [0.29, 0.717) is 24.1 Å². The number of aryl methyl sites for hydroxylation is 1. The van der Waals surface area contributed by atoms with E-state index in [-0.39, 0.29) is 12.1 Å². The monoisotopic (exact) mass is 394 g/mol. The minimum absolute atomic E-state index is 0.114. The fraction of sp³-hybridized carbons (Fsp3) is 0.286. The quantitative estimate of drug-likeness (QED) is 0.565. The molecule has 2 N–H and O–H groups in total. The van der Waals surface area contributed by atoms with Gasteiger partial charge in [0.1, 0.15) is 16.5 Å². The van der Waals surface area contributed by atoms with Gasteiger partial charge in [0.2, 0.25) is 5.95 Å². The average molecular weight is 395 g/mol. The number of nitrogens with zero attached hydrogens (tertiary/aromatic N) is 2. The molecule has 0 aliphatic heterocycles. The number of anilines is 2. The molecular weight excluding hydrogens is 382 g/mol. The SMILES string of the molecule is COc1cc(CC[P+](=O)O)ccc1Nc1ncc(C(F)(F)F)c(Cl)n1. The summed E-state index contributed by atoms with van der Waals surface area (Å²) in [6.07, 6.45) is -3.55. The lowest BCUT2D eigenvalue weighted by Crippen LogP contribution is -2.09. The molecule has 1 atom stereocenters. The minimum Gasteiger partial charge on any atom is -0.495 e. The topological polar surface area (TPSA) is 84.3 Å². The highest BCUT2D eigenvalue weighted by atomic mass is 35.5. The molecule has 1 heterocycles. The van der Waals surface area contributed by atoms with E-state index < -0.39 is 24.9 Å². The third kappa shape index (κ3) is 5.26. The Kier molecular flexibility index (Phi) is 6.16. The molecule has 2 aromatic rings. The van der Waals surface area contributed by atoms with Gasteiger partial charge in [0, 0.05) is 12.6 Å². The molecule has 0 radical (unpaired) electrons. The Hall–Kier alpha value is -1.96. The summed E-state index contributed by atoms with van der Waals surface area (Å²) < 4.78 is 53.9. The van der Waals surface area contributed by atoms with Crippen LogP contribution in [0.4, 0.5) is 24.8 Å². The maximum absolute atomic E-state index is 12.7. The van der Waals surface area contributed by atoms with E-state index in [9.17, 15) is 17.7 Å². The summed E-state index contributed by atoms with van der Waals surface area (Å²) >= 11 is 5.56. The Morgan fingerprint density at radius 1 is 1.40 bits per heavy atom. The number of aromatic nitrogens is 2. The first-order valence-electron chi connectivity index (χ1n) is 6.88. The summed E-state index contributed by atoms with van der Waals surface area (Å²) in [5, 5.41) is 2.01. The maximum Gasteiger partial charge on any atom is 0.505 e. The van der Waals surface area contributed by atoms with Crippen molar-refractivity contribution in [2.45, 2.75) is 12.6 Å². The molecule has 0 bridgehead atoms. The Morgan fingerprint density at radius 2 is 2.12 bits per heavy atom. The van der Waals surface area contributed by atoms with E-state index in [2.05, 4.69) is 15.3 Å². The van der Waals surface area contributed by atoms with E-state index in [0.717, 1.165) is 5.56 Å². The Bertz CT molecular complexity index is 790. The zero-order chi connectivity index (χ0) is 18.6. The number of alkyl halides is 3. The van der Waals surface area contributed by atoms with Crippen molar-refractivity contribution in [1.82, 2.24) is 9.97 Å². The lowest BCUT2D eigenvalue weighted by atomic mass is 10.1. The van der Waals surface area contributed by atoms with Gasteiger partial charge in [-0.1, -0.05) is 17.7 Å². The highest BCUT2D eigenvalue weighted by Crippen LogP contribution is 2.34. The number of hydrogen-bond donors (Lipinski definition) is 2. The van der Waals surface area contributed by atoms with Crippen LogP contribution in [0.15, 0.2) is 24.4 Å². The van der Waals surface area contributed by atoms with Gasteiger partial charge in [0.15, 0.2) is 6.16 Å². The van der Waals surface area contributed by atoms with Gasteiger partial charge in [-0.05, 0) is 22.3 Å². The number of nitrogens with one attached hydrogen (secondary N) is 1. The van der Waals surface area contributed by atoms with E-state index >= 15 is 0 Å². The third-order valence-corrected chi connectivity index (χ3v) is 4.05. The van der Waals surface area contributed by atoms with Gasteiger partial charge in [-0.25, -0.2) is 9.97 Å². The fourth-order valence-electron chi connectivity index (χ4n) is 1.95. The van der Waals surface area contributed by atoms with Gasteiger partial charge in [0.25, 0.3) is 0 Å². The lowest BCUT2D eigenvalue weighted by Gasteiger charge is -2.13. The fourth-order valence-corrected chi connectivity index (χ4v) is 2.64. The number of ether oxygens (including phenoxy) is 1. The van der Waals surface area contributed by atoms with Gasteiger partial charge in [-0.15, -0.1) is 0 Å². The molecule has 1 aromatic carbocycles. The van der Waals surface area contributed by atoms with Crippen molar-refractivity contribution in [3.63, 3.8) is 0 Å². The van der Waals surface area contributed by atoms with Crippen molar-refractivity contribution < 1.29 is 27.4 Å². The van der Waals surface area contributed by atoms with Gasteiger partial charge in [0.05, 0.1) is 12.8 Å². The van der Waals surface area contributed by atoms with E-state index in [1.54, 1.807) is 18.2 Å². The molecule has 0 amide bonds. The predicted molar refractivity (Wildman–Crippen MR) is 86.7 cm³/mol. The zero-order valence-corrected chi connectivity index (χ0v) is 14.5. The average Bonchev–Trinajstić information content (AvgIpc) is 2.52. The molecule has 0 spiro atoms. The van der Waals surface area contributed by atoms with Crippen molar-refractivity contribution in [1.29, 1.82) is 0 Å². The first-order chi connectivity index (χ1) is 11.7. The molecule has 1 unspecified atom stereocenters. The summed E-state index contributed by atoms with van der Waals surface area (Å²) in [5.41, 5.74) is 0.0572. The zero-order valence-electron chi connectivity index (χ0n) is 12.8. The van der Waals surface area contributed by atoms with Crippen LogP contribution in [0.25, 0.3) is 0 Å². The first-order valence-corrected chi connectivity index (χ1v) is 8.65. The largest absolute Gasteiger partial charge is 0.505 e. The summed E-state index contributed by atoms with van der Waals surface area (Å²) in [6, 6.07) is 4.94. The van der Waals surface area contributed by atoms with Gasteiger partial charge in [-0.3, -0.25) is 0 Å². The van der Waals surface area contributed by atoms with Gasteiger partial charge < -0.3 is 10.1 Å². The van der Waals surface area contributed by atoms with E-state index in [4.69, 9.17) is 21.2 Å². The molecule has 25 heavy (non-hydrogen) atoms. The molecule has 11 heteroatoms. The number of halogens is 4. The van der Waals surface area contributed by atoms with Gasteiger partial charge in [-0.2, -0.15) is 18.1 Å². The van der Waals surface area contributed by atoms with Crippen LogP contribution >= 0.6 is 19.6 Å². The minimum atomic E-state index is -4.64. The Balaban J connectivity index is 2.22. The summed E-state index contributed by atoms with van der Waals surface area (Å²) in [4.78, 5) is 16.0. The van der Waals surface area contributed by atoms with Crippen LogP contribution in [0.1, 0.15) is 11.1 Å². The molecule has 0 aliphatic rings. The number of rotatable bonds is 6. The van der Waals surface area contributed by atoms with E-state index in [1.165, 1.54) is 7.11 Å². The standard InChI is InChI=1S/C14H12ClF3N3O3P/c1-24-11-6-8(4-5-25(22)23)2-3-10(11)20-13-19-7-9(12(15)21-13)14(16,17)18/h2-3,6-7H,4-5H2,1H3,(H-,19,20,21,22,23)/p+1. The van der Waals surface area contributed by atoms with Crippen LogP contribution in [0.5, 0.6) is 5.75 Å². The van der Waals surface area contributed by atoms with Crippen LogP contribution in [0.2, 0.25) is 5.15 Å². The molecule has 134 valence electrons. The highest BCUT2D eigenvalue weighted by Gasteiger charge is 2.34. The predicted octanol–water partition coefficient (Wildman–Crippen LogP) is 4.18. The molecule has 0 saturated heterocycles. The molecule has 1 aromatic heterocycles. The number of benzene rings is 1. The maximum atomic E-state index is 12.7. The van der Waals surface area contributed by atoms with Crippen LogP contribution in [0, 0.1) is 0 Å². The van der Waals surface area contributed by atoms with Crippen molar-refractivity contribution in [3.8, 4) is 5.75 Å². The second kappa shape index (κ2) is 7.95. The molecule has 0 fully saturated rings. The number of methoxy groups -OCH3 is 1.